The van der Waals surface area contributed by atoms with Crippen molar-refractivity contribution in [3.63, 3.8) is 0 Å². The molecule has 10 heteroatoms. The maximum absolute atomic E-state index is 13.2. The second kappa shape index (κ2) is 18.3. The molecule has 0 radical (unpaired) electrons. The monoisotopic (exact) mass is 553 g/mol. The molecule has 0 saturated heterocycles. The van der Waals surface area contributed by atoms with Gasteiger partial charge >= 0.3 is 5.97 Å². The molecule has 0 aliphatic rings. The Morgan fingerprint density at radius 3 is 2.48 bits per heavy atom. The predicted octanol–water partition coefficient (Wildman–Crippen LogP) is 2.87. The topological polar surface area (TPSA) is 143 Å². The first-order valence-corrected chi connectivity index (χ1v) is 13.3. The Bertz CT molecular complexity index is 1150. The van der Waals surface area contributed by atoms with E-state index in [0.717, 1.165) is 10.8 Å². The highest BCUT2D eigenvalue weighted by atomic mass is 16.5. The molecule has 0 bridgehead atoms. The quantitative estimate of drug-likeness (QED) is 0.119. The van der Waals surface area contributed by atoms with Crippen LogP contribution >= 0.6 is 0 Å². The van der Waals surface area contributed by atoms with Crippen molar-refractivity contribution >= 4 is 40.2 Å². The minimum Gasteiger partial charge on any atom is -0.463 e. The first-order chi connectivity index (χ1) is 19.4. The SMILES string of the molecule is C=CCCCC(=O)OCC(NC(=O)C(CC=C)CC(=O)NCCOCCO)C(=O)Nc1ccc2ccccc2c1. The fourth-order valence-electron chi connectivity index (χ4n) is 3.82. The Morgan fingerprint density at radius 1 is 0.975 bits per heavy atom. The van der Waals surface area contributed by atoms with Crippen LogP contribution < -0.4 is 16.0 Å². The number of nitrogens with one attached hydrogen (secondary N) is 3. The fraction of sp³-hybridized carbons (Fsp3) is 0.400. The summed E-state index contributed by atoms with van der Waals surface area (Å²) in [5, 5.41) is 18.8. The van der Waals surface area contributed by atoms with E-state index in [4.69, 9.17) is 14.6 Å². The third kappa shape index (κ3) is 11.8. The highest BCUT2D eigenvalue weighted by Gasteiger charge is 2.28. The van der Waals surface area contributed by atoms with Gasteiger partial charge in [-0.25, -0.2) is 0 Å². The van der Waals surface area contributed by atoms with Gasteiger partial charge in [0, 0.05) is 25.1 Å². The summed E-state index contributed by atoms with van der Waals surface area (Å²) in [6.45, 7) is 7.41. The van der Waals surface area contributed by atoms with Gasteiger partial charge in [-0.15, -0.1) is 13.2 Å². The standard InChI is InChI=1S/C30H39N3O7/c1-3-5-6-12-28(36)40-21-26(30(38)32-25-14-13-22-10-7-8-11-23(22)19-25)33-29(37)24(9-4-2)20-27(35)31-15-17-39-18-16-34/h3-4,7-8,10-11,13-14,19,24,26,34H,1-2,5-6,9,12,15-18,20-21H2,(H,31,35)(H,32,38)(H,33,37). The van der Waals surface area contributed by atoms with Gasteiger partial charge in [-0.3, -0.25) is 19.2 Å². The number of amides is 3. The van der Waals surface area contributed by atoms with Gasteiger partial charge in [0.05, 0.1) is 25.7 Å². The van der Waals surface area contributed by atoms with Crippen molar-refractivity contribution in [3.8, 4) is 0 Å². The maximum atomic E-state index is 13.2. The van der Waals surface area contributed by atoms with Crippen LogP contribution in [0.2, 0.25) is 0 Å². The molecule has 0 fully saturated rings. The minimum absolute atomic E-state index is 0.116. The van der Waals surface area contributed by atoms with Gasteiger partial charge < -0.3 is 30.5 Å². The lowest BCUT2D eigenvalue weighted by Gasteiger charge is -2.22. The third-order valence-corrected chi connectivity index (χ3v) is 5.91. The average molecular weight is 554 g/mol. The Labute approximate surface area is 234 Å². The summed E-state index contributed by atoms with van der Waals surface area (Å²) in [4.78, 5) is 51.0. The van der Waals surface area contributed by atoms with Gasteiger partial charge in [0.15, 0.2) is 0 Å². The van der Waals surface area contributed by atoms with Gasteiger partial charge in [0.25, 0.3) is 5.91 Å². The van der Waals surface area contributed by atoms with Crippen molar-refractivity contribution in [3.05, 3.63) is 67.8 Å². The zero-order valence-electron chi connectivity index (χ0n) is 22.7. The van der Waals surface area contributed by atoms with Crippen LogP contribution in [-0.2, 0) is 28.7 Å². The van der Waals surface area contributed by atoms with E-state index in [1.54, 1.807) is 12.1 Å². The van der Waals surface area contributed by atoms with Crippen LogP contribution in [0.25, 0.3) is 10.8 Å². The van der Waals surface area contributed by atoms with Crippen molar-refractivity contribution < 1.29 is 33.8 Å². The molecule has 0 aromatic heterocycles. The van der Waals surface area contributed by atoms with Crippen molar-refractivity contribution in [1.29, 1.82) is 0 Å². The summed E-state index contributed by atoms with van der Waals surface area (Å²) in [5.74, 6) is -2.78. The molecular formula is C30H39N3O7. The van der Waals surface area contributed by atoms with Crippen molar-refractivity contribution in [2.45, 2.75) is 38.1 Å². The van der Waals surface area contributed by atoms with E-state index in [2.05, 4.69) is 29.1 Å². The summed E-state index contributed by atoms with van der Waals surface area (Å²) in [5.41, 5.74) is 0.519. The first kappa shape index (κ1) is 32.2. The van der Waals surface area contributed by atoms with Crippen LogP contribution in [0.5, 0.6) is 0 Å². The lowest BCUT2D eigenvalue weighted by atomic mass is 9.99. The maximum Gasteiger partial charge on any atom is 0.305 e. The van der Waals surface area contributed by atoms with Crippen molar-refractivity contribution in [1.82, 2.24) is 10.6 Å². The first-order valence-electron chi connectivity index (χ1n) is 13.3. The zero-order chi connectivity index (χ0) is 29.2. The van der Waals surface area contributed by atoms with E-state index in [1.165, 1.54) is 6.08 Å². The van der Waals surface area contributed by atoms with E-state index in [9.17, 15) is 19.2 Å². The van der Waals surface area contributed by atoms with Gasteiger partial charge in [0.2, 0.25) is 11.8 Å². The van der Waals surface area contributed by atoms with Crippen molar-refractivity contribution in [2.75, 3.05) is 38.3 Å². The Morgan fingerprint density at radius 2 is 1.75 bits per heavy atom. The number of hydrogen-bond acceptors (Lipinski definition) is 7. The molecule has 0 aliphatic carbocycles. The van der Waals surface area contributed by atoms with Crippen LogP contribution in [0.1, 0.15) is 32.1 Å². The van der Waals surface area contributed by atoms with Crippen LogP contribution in [0.3, 0.4) is 0 Å². The van der Waals surface area contributed by atoms with Gasteiger partial charge in [0.1, 0.15) is 12.6 Å². The second-order valence-corrected chi connectivity index (χ2v) is 9.09. The third-order valence-electron chi connectivity index (χ3n) is 5.91. The average Bonchev–Trinajstić information content (AvgIpc) is 2.94. The summed E-state index contributed by atoms with van der Waals surface area (Å²) in [7, 11) is 0. The van der Waals surface area contributed by atoms with Gasteiger partial charge in [-0.1, -0.05) is 42.5 Å². The number of carbonyl (C=O) groups excluding carboxylic acids is 4. The Balaban J connectivity index is 2.08. The second-order valence-electron chi connectivity index (χ2n) is 9.09. The predicted molar refractivity (Wildman–Crippen MR) is 153 cm³/mol. The highest BCUT2D eigenvalue weighted by Crippen LogP contribution is 2.19. The molecule has 2 atom stereocenters. The lowest BCUT2D eigenvalue weighted by molar-refractivity contribution is -0.146. The fourth-order valence-corrected chi connectivity index (χ4v) is 3.82. The highest BCUT2D eigenvalue weighted by molar-refractivity contribution is 5.99. The largest absolute Gasteiger partial charge is 0.463 e. The summed E-state index contributed by atoms with van der Waals surface area (Å²) < 4.78 is 10.4. The number of hydrogen-bond donors (Lipinski definition) is 4. The summed E-state index contributed by atoms with van der Waals surface area (Å²) >= 11 is 0. The number of fused-ring (bicyclic) bond motifs is 1. The molecule has 2 unspecified atom stereocenters. The molecule has 3 amide bonds. The molecule has 0 spiro atoms. The molecule has 216 valence electrons. The van der Waals surface area contributed by atoms with Crippen molar-refractivity contribution in [2.24, 2.45) is 5.92 Å². The van der Waals surface area contributed by atoms with Gasteiger partial charge in [-0.2, -0.15) is 0 Å². The Kier molecular flexibility index (Phi) is 14.7. The summed E-state index contributed by atoms with van der Waals surface area (Å²) in [6, 6.07) is 11.9. The van der Waals surface area contributed by atoms with E-state index in [1.807, 2.05) is 36.4 Å². The van der Waals surface area contributed by atoms with Crippen LogP contribution in [0.15, 0.2) is 67.8 Å². The van der Waals surface area contributed by atoms with E-state index in [0.29, 0.717) is 18.5 Å². The number of benzene rings is 2. The van der Waals surface area contributed by atoms with Crippen LogP contribution in [-0.4, -0.2) is 67.8 Å². The molecule has 10 nitrogen and oxygen atoms in total. The number of allylic oxidation sites excluding steroid dienone is 2. The van der Waals surface area contributed by atoms with Gasteiger partial charge in [-0.05, 0) is 42.2 Å². The smallest absolute Gasteiger partial charge is 0.305 e. The molecule has 0 aliphatic heterocycles. The molecular weight excluding hydrogens is 514 g/mol. The van der Waals surface area contributed by atoms with E-state index < -0.39 is 29.7 Å². The number of aliphatic hydroxyl groups excluding tert-OH is 1. The number of carbonyl (C=O) groups is 4. The molecule has 2 rings (SSSR count). The molecule has 0 heterocycles. The zero-order valence-corrected chi connectivity index (χ0v) is 22.7. The van der Waals surface area contributed by atoms with E-state index >= 15 is 0 Å². The number of ether oxygens (including phenoxy) is 2. The molecule has 2 aromatic rings. The number of aliphatic hydroxyl groups is 1. The Hall–Kier alpha value is -4.02. The van der Waals surface area contributed by atoms with Crippen LogP contribution in [0, 0.1) is 5.92 Å². The van der Waals surface area contributed by atoms with E-state index in [-0.39, 0.29) is 58.1 Å². The van der Waals surface area contributed by atoms with Crippen LogP contribution in [0.4, 0.5) is 5.69 Å². The normalized spacial score (nSPS) is 12.1. The minimum atomic E-state index is -1.19. The molecule has 40 heavy (non-hydrogen) atoms. The number of rotatable bonds is 19. The molecule has 0 saturated carbocycles. The summed E-state index contributed by atoms with van der Waals surface area (Å²) in [6.07, 6.45) is 4.64. The molecule has 2 aromatic carbocycles. The molecule has 4 N–H and O–H groups in total. The number of anilines is 1. The number of unbranched alkanes of at least 4 members (excludes halogenated alkanes) is 1. The number of esters is 1. The lowest BCUT2D eigenvalue weighted by Crippen LogP contribution is -2.49.